The molecule has 2 aliphatic rings. The van der Waals surface area contributed by atoms with Crippen molar-refractivity contribution in [3.63, 3.8) is 0 Å². The van der Waals surface area contributed by atoms with Gasteiger partial charge in [-0.25, -0.2) is 0 Å². The minimum Gasteiger partial charge on any atom is -0.489 e. The molecule has 1 amide bonds. The Labute approximate surface area is 124 Å². The van der Waals surface area contributed by atoms with Gasteiger partial charge in [-0.1, -0.05) is 18.9 Å². The molecule has 2 heterocycles. The van der Waals surface area contributed by atoms with E-state index in [1.165, 1.54) is 0 Å². The van der Waals surface area contributed by atoms with Crippen molar-refractivity contribution < 1.29 is 14.6 Å². The average Bonchev–Trinajstić information content (AvgIpc) is 2.79. The van der Waals surface area contributed by atoms with E-state index in [0.717, 1.165) is 37.9 Å². The third-order valence-electron chi connectivity index (χ3n) is 4.26. The molecule has 1 fully saturated rings. The number of benzene rings is 1. The van der Waals surface area contributed by atoms with Crippen LogP contribution in [-0.4, -0.2) is 48.3 Å². The molecule has 0 saturated carbocycles. The maximum absolute atomic E-state index is 12.9. The van der Waals surface area contributed by atoms with Crippen molar-refractivity contribution in [2.45, 2.75) is 31.7 Å². The maximum atomic E-state index is 12.9. The molecular formula is C16H22N2O3. The molecule has 1 aromatic carbocycles. The number of hydrogen-bond donors (Lipinski definition) is 2. The minimum absolute atomic E-state index is 0.0276. The monoisotopic (exact) mass is 290 g/mol. The molecule has 2 N–H and O–H groups in total. The van der Waals surface area contributed by atoms with Crippen LogP contribution in [0.1, 0.15) is 36.0 Å². The number of amides is 1. The second kappa shape index (κ2) is 6.35. The number of likely N-dealkylation sites (tertiary alicyclic amines) is 1. The van der Waals surface area contributed by atoms with E-state index in [1.807, 2.05) is 23.1 Å². The molecule has 1 saturated heterocycles. The number of para-hydroxylation sites is 1. The summed E-state index contributed by atoms with van der Waals surface area (Å²) < 4.78 is 5.69. The van der Waals surface area contributed by atoms with Crippen LogP contribution >= 0.6 is 0 Å². The number of ether oxygens (including phenoxy) is 1. The molecule has 21 heavy (non-hydrogen) atoms. The number of hydrogen-bond acceptors (Lipinski definition) is 4. The lowest BCUT2D eigenvalue weighted by molar-refractivity contribution is 0.0595. The first kappa shape index (κ1) is 14.2. The normalized spacial score (nSPS) is 21.8. The Bertz CT molecular complexity index is 518. The summed E-state index contributed by atoms with van der Waals surface area (Å²) in [7, 11) is 0. The fourth-order valence-corrected chi connectivity index (χ4v) is 3.13. The highest BCUT2D eigenvalue weighted by Crippen LogP contribution is 2.33. The summed E-state index contributed by atoms with van der Waals surface area (Å²) in [6, 6.07) is 5.54. The maximum Gasteiger partial charge on any atom is 0.258 e. The van der Waals surface area contributed by atoms with Crippen LogP contribution in [0, 0.1) is 0 Å². The molecule has 1 aromatic rings. The predicted molar refractivity (Wildman–Crippen MR) is 80.8 cm³/mol. The van der Waals surface area contributed by atoms with E-state index in [2.05, 4.69) is 5.32 Å². The third kappa shape index (κ3) is 2.83. The van der Waals surface area contributed by atoms with E-state index in [4.69, 9.17) is 4.74 Å². The van der Waals surface area contributed by atoms with Gasteiger partial charge in [-0.15, -0.1) is 0 Å². The summed E-state index contributed by atoms with van der Waals surface area (Å²) in [6.07, 6.45) is 4.05. The Hall–Kier alpha value is -1.75. The fraction of sp³-hybridized carbons (Fsp3) is 0.562. The van der Waals surface area contributed by atoms with Gasteiger partial charge in [0.15, 0.2) is 5.75 Å². The van der Waals surface area contributed by atoms with E-state index >= 15 is 0 Å². The summed E-state index contributed by atoms with van der Waals surface area (Å²) in [4.78, 5) is 14.7. The largest absolute Gasteiger partial charge is 0.489 e. The fourth-order valence-electron chi connectivity index (χ4n) is 3.13. The van der Waals surface area contributed by atoms with Crippen molar-refractivity contribution in [1.82, 2.24) is 4.90 Å². The van der Waals surface area contributed by atoms with Gasteiger partial charge in [0.2, 0.25) is 0 Å². The zero-order chi connectivity index (χ0) is 14.7. The van der Waals surface area contributed by atoms with Crippen LogP contribution in [0.25, 0.3) is 0 Å². The number of carbonyl (C=O) groups excluding carboxylic acids is 1. The summed E-state index contributed by atoms with van der Waals surface area (Å²) >= 11 is 0. The number of aliphatic hydroxyl groups excluding tert-OH is 1. The summed E-state index contributed by atoms with van der Waals surface area (Å²) in [5.41, 5.74) is 1.47. The van der Waals surface area contributed by atoms with E-state index in [0.29, 0.717) is 24.5 Å². The molecule has 3 rings (SSSR count). The van der Waals surface area contributed by atoms with Crippen LogP contribution in [0.5, 0.6) is 5.75 Å². The van der Waals surface area contributed by atoms with Gasteiger partial charge < -0.3 is 20.1 Å². The molecule has 5 nitrogen and oxygen atoms in total. The van der Waals surface area contributed by atoms with Gasteiger partial charge in [-0.2, -0.15) is 0 Å². The highest BCUT2D eigenvalue weighted by Gasteiger charge is 2.29. The number of fused-ring (bicyclic) bond motifs is 1. The Balaban J connectivity index is 1.90. The SMILES string of the molecule is O=C(c1cccc2c1OCCN2)N1CCCCCC1CO. The average molecular weight is 290 g/mol. The van der Waals surface area contributed by atoms with Crippen LogP contribution in [0.2, 0.25) is 0 Å². The molecule has 1 atom stereocenters. The zero-order valence-corrected chi connectivity index (χ0v) is 12.2. The molecule has 114 valence electrons. The van der Waals surface area contributed by atoms with Gasteiger partial charge in [-0.05, 0) is 25.0 Å². The Morgan fingerprint density at radius 2 is 2.29 bits per heavy atom. The van der Waals surface area contributed by atoms with E-state index in [-0.39, 0.29) is 18.6 Å². The molecule has 0 bridgehead atoms. The number of anilines is 1. The van der Waals surface area contributed by atoms with Gasteiger partial charge in [-0.3, -0.25) is 4.79 Å². The molecule has 1 unspecified atom stereocenters. The topological polar surface area (TPSA) is 61.8 Å². The Morgan fingerprint density at radius 3 is 3.14 bits per heavy atom. The van der Waals surface area contributed by atoms with Crippen LogP contribution in [-0.2, 0) is 0 Å². The van der Waals surface area contributed by atoms with Crippen LogP contribution in [0.15, 0.2) is 18.2 Å². The molecule has 5 heteroatoms. The number of rotatable bonds is 2. The lowest BCUT2D eigenvalue weighted by atomic mass is 10.1. The molecule has 0 aromatic heterocycles. The number of nitrogens with zero attached hydrogens (tertiary/aromatic N) is 1. The van der Waals surface area contributed by atoms with Gasteiger partial charge in [0.05, 0.1) is 23.9 Å². The van der Waals surface area contributed by atoms with E-state index < -0.39 is 0 Å². The van der Waals surface area contributed by atoms with Crippen LogP contribution in [0.3, 0.4) is 0 Å². The Morgan fingerprint density at radius 1 is 1.38 bits per heavy atom. The molecule has 0 aliphatic carbocycles. The van der Waals surface area contributed by atoms with Gasteiger partial charge in [0.25, 0.3) is 5.91 Å². The smallest absolute Gasteiger partial charge is 0.258 e. The predicted octanol–water partition coefficient (Wildman–Crippen LogP) is 1.87. The van der Waals surface area contributed by atoms with Crippen LogP contribution < -0.4 is 10.1 Å². The highest BCUT2D eigenvalue weighted by atomic mass is 16.5. The standard InChI is InChI=1S/C16H22N2O3/c19-11-12-5-2-1-3-9-18(12)16(20)13-6-4-7-14-15(13)21-10-8-17-14/h4,6-7,12,17,19H,1-3,5,8-11H2. The van der Waals surface area contributed by atoms with Gasteiger partial charge in [0.1, 0.15) is 6.61 Å². The summed E-state index contributed by atoms with van der Waals surface area (Å²) in [6.45, 7) is 2.06. The molecule has 0 radical (unpaired) electrons. The van der Waals surface area contributed by atoms with Crippen LogP contribution in [0.4, 0.5) is 5.69 Å². The van der Waals surface area contributed by atoms with E-state index in [1.54, 1.807) is 0 Å². The first-order valence-electron chi connectivity index (χ1n) is 7.73. The number of nitrogens with one attached hydrogen (secondary N) is 1. The lowest BCUT2D eigenvalue weighted by Crippen LogP contribution is -2.42. The van der Waals surface area contributed by atoms with Crippen molar-refractivity contribution in [2.24, 2.45) is 0 Å². The lowest BCUT2D eigenvalue weighted by Gasteiger charge is -2.30. The quantitative estimate of drug-likeness (QED) is 0.873. The Kier molecular flexibility index (Phi) is 4.29. The van der Waals surface area contributed by atoms with Gasteiger partial charge >= 0.3 is 0 Å². The molecule has 0 spiro atoms. The zero-order valence-electron chi connectivity index (χ0n) is 12.2. The number of aliphatic hydroxyl groups is 1. The van der Waals surface area contributed by atoms with E-state index in [9.17, 15) is 9.90 Å². The minimum atomic E-state index is -0.0765. The first-order chi connectivity index (χ1) is 10.3. The first-order valence-corrected chi connectivity index (χ1v) is 7.73. The molecule has 2 aliphatic heterocycles. The van der Waals surface area contributed by atoms with Crippen molar-refractivity contribution in [1.29, 1.82) is 0 Å². The van der Waals surface area contributed by atoms with Crippen molar-refractivity contribution in [2.75, 3.05) is 31.6 Å². The number of carbonyl (C=O) groups is 1. The third-order valence-corrected chi connectivity index (χ3v) is 4.26. The second-order valence-electron chi connectivity index (χ2n) is 5.64. The second-order valence-corrected chi connectivity index (χ2v) is 5.64. The van der Waals surface area contributed by atoms with Gasteiger partial charge in [0, 0.05) is 13.1 Å². The molecular weight excluding hydrogens is 268 g/mol. The van der Waals surface area contributed by atoms with Crippen molar-refractivity contribution in [3.8, 4) is 5.75 Å². The highest BCUT2D eigenvalue weighted by molar-refractivity contribution is 5.99. The summed E-state index contributed by atoms with van der Waals surface area (Å²) in [5.74, 6) is 0.617. The summed E-state index contributed by atoms with van der Waals surface area (Å²) in [5, 5.41) is 12.8. The van der Waals surface area contributed by atoms with Crippen molar-refractivity contribution in [3.05, 3.63) is 23.8 Å². The van der Waals surface area contributed by atoms with Crippen molar-refractivity contribution >= 4 is 11.6 Å².